The average molecular weight is 413 g/mol. The van der Waals surface area contributed by atoms with E-state index < -0.39 is 54.3 Å². The lowest BCUT2D eigenvalue weighted by Gasteiger charge is -2.18. The summed E-state index contributed by atoms with van der Waals surface area (Å²) < 4.78 is 12.9. The van der Waals surface area contributed by atoms with Crippen LogP contribution in [0.25, 0.3) is 0 Å². The Morgan fingerprint density at radius 2 is 1.48 bits per heavy atom. The van der Waals surface area contributed by atoms with Gasteiger partial charge in [0.1, 0.15) is 17.9 Å². The number of hydrogen-bond acceptors (Lipinski definition) is 5. The van der Waals surface area contributed by atoms with Gasteiger partial charge in [0.25, 0.3) is 5.91 Å². The second-order valence-corrected chi connectivity index (χ2v) is 5.90. The van der Waals surface area contributed by atoms with Gasteiger partial charge in [-0.1, -0.05) is 0 Å². The molecule has 11 nitrogen and oxygen atoms in total. The van der Waals surface area contributed by atoms with Gasteiger partial charge < -0.3 is 31.3 Å². The van der Waals surface area contributed by atoms with Crippen LogP contribution in [-0.2, 0) is 14.4 Å². The number of carbonyl (C=O) groups excluding carboxylic acids is 2. The first-order valence-electron chi connectivity index (χ1n) is 8.38. The Hall–Kier alpha value is -3.70. The summed E-state index contributed by atoms with van der Waals surface area (Å²) in [5, 5.41) is 33.1. The van der Waals surface area contributed by atoms with Gasteiger partial charge >= 0.3 is 23.9 Å². The molecule has 158 valence electrons. The number of hydrogen-bond donors (Lipinski definition) is 6. The van der Waals surface area contributed by atoms with Gasteiger partial charge in [0, 0.05) is 12.0 Å². The van der Waals surface area contributed by atoms with E-state index >= 15 is 0 Å². The van der Waals surface area contributed by atoms with E-state index in [1.165, 1.54) is 0 Å². The third-order valence-corrected chi connectivity index (χ3v) is 3.66. The summed E-state index contributed by atoms with van der Waals surface area (Å²) in [4.78, 5) is 56.7. The molecule has 0 aromatic heterocycles. The molecule has 0 spiro atoms. The number of benzene rings is 1. The molecular formula is C17H20FN3O8. The Kier molecular flexibility index (Phi) is 9.02. The molecule has 0 radical (unpaired) electrons. The summed E-state index contributed by atoms with van der Waals surface area (Å²) in [6.45, 7) is -0.560. The number of nitrogens with one attached hydrogen (secondary N) is 3. The molecule has 1 aromatic rings. The molecule has 0 aliphatic heterocycles. The third kappa shape index (κ3) is 8.69. The minimum absolute atomic E-state index is 0.00599. The molecule has 0 aliphatic carbocycles. The smallest absolute Gasteiger partial charge is 0.328 e. The summed E-state index contributed by atoms with van der Waals surface area (Å²) in [7, 11) is 0. The molecule has 6 N–H and O–H groups in total. The first kappa shape index (κ1) is 23.3. The second-order valence-electron chi connectivity index (χ2n) is 5.90. The number of urea groups is 1. The SMILES string of the molecule is O=C(O)CCC[C@H](NC(=O)NC[C@H](NC(=O)c1ccc(F)cc1)C(=O)O)C(=O)O. The van der Waals surface area contributed by atoms with Gasteiger partial charge in [0.15, 0.2) is 0 Å². The standard InChI is InChI=1S/C17H20FN3O8/c18-10-6-4-9(5-7-10)14(24)20-12(16(27)28)8-19-17(29)21-11(15(25)26)2-1-3-13(22)23/h4-7,11-12H,1-3,8H2,(H,20,24)(H,22,23)(H,25,26)(H,27,28)(H2,19,21,29)/t11-,12-/m0/s1. The maximum absolute atomic E-state index is 12.9. The van der Waals surface area contributed by atoms with Crippen LogP contribution in [0.4, 0.5) is 9.18 Å². The van der Waals surface area contributed by atoms with Gasteiger partial charge in [-0.05, 0) is 37.1 Å². The first-order valence-corrected chi connectivity index (χ1v) is 8.38. The van der Waals surface area contributed by atoms with Crippen LogP contribution in [0.3, 0.4) is 0 Å². The van der Waals surface area contributed by atoms with Crippen LogP contribution in [-0.4, -0.2) is 63.8 Å². The van der Waals surface area contributed by atoms with E-state index in [1.54, 1.807) is 0 Å². The van der Waals surface area contributed by atoms with Crippen molar-refractivity contribution in [3.63, 3.8) is 0 Å². The summed E-state index contributed by atoms with van der Waals surface area (Å²) in [5.41, 5.74) is 0.00599. The fourth-order valence-corrected chi connectivity index (χ4v) is 2.16. The largest absolute Gasteiger partial charge is 0.481 e. The molecule has 1 aromatic carbocycles. The van der Waals surface area contributed by atoms with E-state index in [9.17, 15) is 28.4 Å². The molecule has 0 unspecified atom stereocenters. The van der Waals surface area contributed by atoms with Crippen LogP contribution in [0, 0.1) is 5.82 Å². The van der Waals surface area contributed by atoms with Crippen molar-refractivity contribution >= 4 is 29.8 Å². The number of aliphatic carboxylic acids is 3. The number of carbonyl (C=O) groups is 5. The summed E-state index contributed by atoms with van der Waals surface area (Å²) in [5.74, 6) is -5.34. The molecule has 0 bridgehead atoms. The van der Waals surface area contributed by atoms with Crippen molar-refractivity contribution in [1.29, 1.82) is 0 Å². The molecule has 1 rings (SSSR count). The predicted molar refractivity (Wildman–Crippen MR) is 94.7 cm³/mol. The topological polar surface area (TPSA) is 182 Å². The van der Waals surface area contributed by atoms with Gasteiger partial charge in [-0.15, -0.1) is 0 Å². The molecular weight excluding hydrogens is 393 g/mol. The Balaban J connectivity index is 2.58. The maximum atomic E-state index is 12.9. The van der Waals surface area contributed by atoms with Crippen molar-refractivity contribution in [3.8, 4) is 0 Å². The molecule has 0 fully saturated rings. The van der Waals surface area contributed by atoms with Crippen molar-refractivity contribution in [3.05, 3.63) is 35.6 Å². The minimum Gasteiger partial charge on any atom is -0.481 e. The minimum atomic E-state index is -1.53. The van der Waals surface area contributed by atoms with Crippen molar-refractivity contribution in [2.45, 2.75) is 31.3 Å². The number of rotatable bonds is 11. The highest BCUT2D eigenvalue weighted by Gasteiger charge is 2.24. The number of halogens is 1. The molecule has 0 saturated heterocycles. The summed E-state index contributed by atoms with van der Waals surface area (Å²) in [6.07, 6.45) is -0.402. The van der Waals surface area contributed by atoms with Crippen LogP contribution >= 0.6 is 0 Å². The third-order valence-electron chi connectivity index (χ3n) is 3.66. The molecule has 0 heterocycles. The van der Waals surface area contributed by atoms with Crippen molar-refractivity contribution in [2.24, 2.45) is 0 Å². The molecule has 3 amide bonds. The highest BCUT2D eigenvalue weighted by Crippen LogP contribution is 2.04. The van der Waals surface area contributed by atoms with Crippen LogP contribution < -0.4 is 16.0 Å². The zero-order chi connectivity index (χ0) is 22.0. The maximum Gasteiger partial charge on any atom is 0.328 e. The molecule has 0 saturated carbocycles. The lowest BCUT2D eigenvalue weighted by molar-refractivity contribution is -0.141. The zero-order valence-corrected chi connectivity index (χ0v) is 15.1. The van der Waals surface area contributed by atoms with Gasteiger partial charge in [-0.25, -0.2) is 18.8 Å². The number of carboxylic acids is 3. The van der Waals surface area contributed by atoms with E-state index in [4.69, 9.17) is 15.3 Å². The fourth-order valence-electron chi connectivity index (χ4n) is 2.16. The Morgan fingerprint density at radius 3 is 2.00 bits per heavy atom. The quantitative estimate of drug-likeness (QED) is 0.293. The van der Waals surface area contributed by atoms with Crippen molar-refractivity contribution in [1.82, 2.24) is 16.0 Å². The molecule has 29 heavy (non-hydrogen) atoms. The van der Waals surface area contributed by atoms with E-state index in [-0.39, 0.29) is 24.8 Å². The number of amides is 3. The van der Waals surface area contributed by atoms with Gasteiger partial charge in [0.05, 0.1) is 6.54 Å². The lowest BCUT2D eigenvalue weighted by atomic mass is 10.1. The van der Waals surface area contributed by atoms with Crippen molar-refractivity contribution in [2.75, 3.05) is 6.54 Å². The normalized spacial score (nSPS) is 12.3. The summed E-state index contributed by atoms with van der Waals surface area (Å²) >= 11 is 0. The molecule has 0 aliphatic rings. The van der Waals surface area contributed by atoms with E-state index in [0.717, 1.165) is 24.3 Å². The van der Waals surface area contributed by atoms with Gasteiger partial charge in [0.2, 0.25) is 0 Å². The molecule has 2 atom stereocenters. The monoisotopic (exact) mass is 413 g/mol. The first-order chi connectivity index (χ1) is 13.6. The second kappa shape index (κ2) is 11.2. The average Bonchev–Trinajstić information content (AvgIpc) is 2.64. The highest BCUT2D eigenvalue weighted by atomic mass is 19.1. The zero-order valence-electron chi connectivity index (χ0n) is 15.1. The molecule has 12 heteroatoms. The Bertz CT molecular complexity index is 768. The van der Waals surface area contributed by atoms with Crippen LogP contribution in [0.2, 0.25) is 0 Å². The fraction of sp³-hybridized carbons (Fsp3) is 0.353. The van der Waals surface area contributed by atoms with Crippen LogP contribution in [0.5, 0.6) is 0 Å². The Labute approximate surface area is 163 Å². The van der Waals surface area contributed by atoms with Crippen molar-refractivity contribution < 1.29 is 43.7 Å². The van der Waals surface area contributed by atoms with Gasteiger partial charge in [-0.3, -0.25) is 9.59 Å². The summed E-state index contributed by atoms with van der Waals surface area (Å²) in [6, 6.07) is 0.436. The highest BCUT2D eigenvalue weighted by molar-refractivity contribution is 5.96. The van der Waals surface area contributed by atoms with E-state index in [2.05, 4.69) is 16.0 Å². The predicted octanol–water partition coefficient (Wildman–Crippen LogP) is 0.0160. The van der Waals surface area contributed by atoms with E-state index in [1.807, 2.05) is 0 Å². The lowest BCUT2D eigenvalue weighted by Crippen LogP contribution is -2.52. The van der Waals surface area contributed by atoms with E-state index in [0.29, 0.717) is 0 Å². The number of carboxylic acid groups (broad SMARTS) is 3. The van der Waals surface area contributed by atoms with Gasteiger partial charge in [-0.2, -0.15) is 0 Å². The van der Waals surface area contributed by atoms with Crippen LogP contribution in [0.15, 0.2) is 24.3 Å². The van der Waals surface area contributed by atoms with Crippen LogP contribution in [0.1, 0.15) is 29.6 Å². The Morgan fingerprint density at radius 1 is 0.897 bits per heavy atom.